The second-order valence-corrected chi connectivity index (χ2v) is 6.90. The SMILES string of the molecule is Cl.OC1CNCC1CNCc1ccc(-c2nc3ccccc3s2)o1. The van der Waals surface area contributed by atoms with Gasteiger partial charge in [-0.3, -0.25) is 0 Å². The van der Waals surface area contributed by atoms with E-state index in [2.05, 4.69) is 21.7 Å². The molecule has 0 saturated carbocycles. The van der Waals surface area contributed by atoms with E-state index in [1.807, 2.05) is 30.3 Å². The van der Waals surface area contributed by atoms with Crippen molar-refractivity contribution in [3.63, 3.8) is 0 Å². The van der Waals surface area contributed by atoms with E-state index in [9.17, 15) is 5.11 Å². The summed E-state index contributed by atoms with van der Waals surface area (Å²) in [5.74, 6) is 1.97. The summed E-state index contributed by atoms with van der Waals surface area (Å²) >= 11 is 1.64. The number of fused-ring (bicyclic) bond motifs is 1. The van der Waals surface area contributed by atoms with E-state index in [4.69, 9.17) is 4.42 Å². The Balaban J connectivity index is 0.00000169. The van der Waals surface area contributed by atoms with Gasteiger partial charge in [-0.05, 0) is 24.3 Å². The summed E-state index contributed by atoms with van der Waals surface area (Å²) in [7, 11) is 0. The smallest absolute Gasteiger partial charge is 0.163 e. The number of rotatable bonds is 5. The number of halogens is 1. The van der Waals surface area contributed by atoms with E-state index in [1.54, 1.807) is 11.3 Å². The summed E-state index contributed by atoms with van der Waals surface area (Å²) in [6.45, 7) is 3.00. The molecule has 7 heteroatoms. The third kappa shape index (κ3) is 3.63. The van der Waals surface area contributed by atoms with E-state index >= 15 is 0 Å². The maximum atomic E-state index is 9.78. The third-order valence-electron chi connectivity index (χ3n) is 4.18. The number of thiazole rings is 1. The van der Waals surface area contributed by atoms with Crippen molar-refractivity contribution in [1.82, 2.24) is 15.6 Å². The number of hydrogen-bond donors (Lipinski definition) is 3. The summed E-state index contributed by atoms with van der Waals surface area (Å²) in [6.07, 6.45) is -0.252. The fourth-order valence-corrected chi connectivity index (χ4v) is 3.80. The average molecular weight is 366 g/mol. The fraction of sp³-hybridized carbons (Fsp3) is 0.353. The number of furan rings is 1. The molecule has 0 radical (unpaired) electrons. The van der Waals surface area contributed by atoms with Gasteiger partial charge in [0.2, 0.25) is 0 Å². The monoisotopic (exact) mass is 365 g/mol. The summed E-state index contributed by atoms with van der Waals surface area (Å²) in [6, 6.07) is 12.1. The summed E-state index contributed by atoms with van der Waals surface area (Å²) in [4.78, 5) is 4.61. The van der Waals surface area contributed by atoms with Crippen LogP contribution in [0.4, 0.5) is 0 Å². The van der Waals surface area contributed by atoms with Gasteiger partial charge >= 0.3 is 0 Å². The quantitative estimate of drug-likeness (QED) is 0.648. The van der Waals surface area contributed by atoms with Gasteiger partial charge in [0.1, 0.15) is 5.76 Å². The Morgan fingerprint density at radius 3 is 2.92 bits per heavy atom. The van der Waals surface area contributed by atoms with Gasteiger partial charge in [-0.2, -0.15) is 0 Å². The second-order valence-electron chi connectivity index (χ2n) is 5.87. The van der Waals surface area contributed by atoms with Gasteiger partial charge in [0.05, 0.1) is 22.9 Å². The van der Waals surface area contributed by atoms with Gasteiger partial charge in [0.25, 0.3) is 0 Å². The van der Waals surface area contributed by atoms with Crippen molar-refractivity contribution in [3.05, 3.63) is 42.2 Å². The lowest BCUT2D eigenvalue weighted by molar-refractivity contribution is 0.146. The van der Waals surface area contributed by atoms with E-state index in [0.717, 1.165) is 35.1 Å². The van der Waals surface area contributed by atoms with Crippen LogP contribution >= 0.6 is 23.7 Å². The minimum Gasteiger partial charge on any atom is -0.457 e. The molecule has 2 aromatic heterocycles. The molecule has 1 aliphatic rings. The molecule has 5 nitrogen and oxygen atoms in total. The molecule has 1 fully saturated rings. The van der Waals surface area contributed by atoms with Crippen LogP contribution in [-0.2, 0) is 6.54 Å². The Morgan fingerprint density at radius 2 is 2.12 bits per heavy atom. The van der Waals surface area contributed by atoms with Crippen molar-refractivity contribution in [2.24, 2.45) is 5.92 Å². The molecular weight excluding hydrogens is 346 g/mol. The predicted molar refractivity (Wildman–Crippen MR) is 98.6 cm³/mol. The molecule has 1 aromatic carbocycles. The zero-order valence-corrected chi connectivity index (χ0v) is 14.7. The molecule has 24 heavy (non-hydrogen) atoms. The summed E-state index contributed by atoms with van der Waals surface area (Å²) in [5.41, 5.74) is 1.01. The maximum Gasteiger partial charge on any atom is 0.163 e. The van der Waals surface area contributed by atoms with Crippen molar-refractivity contribution in [3.8, 4) is 10.8 Å². The van der Waals surface area contributed by atoms with Crippen molar-refractivity contribution in [1.29, 1.82) is 0 Å². The number of β-amino-alcohol motifs (C(OH)–C–C–N with tert-alkyl or cyclic N) is 1. The summed E-state index contributed by atoms with van der Waals surface area (Å²) in [5, 5.41) is 17.2. The lowest BCUT2D eigenvalue weighted by atomic mass is 10.1. The third-order valence-corrected chi connectivity index (χ3v) is 5.23. The van der Waals surface area contributed by atoms with E-state index in [1.165, 1.54) is 4.70 Å². The van der Waals surface area contributed by atoms with Crippen LogP contribution in [0.25, 0.3) is 21.0 Å². The second kappa shape index (κ2) is 7.63. The van der Waals surface area contributed by atoms with Crippen LogP contribution in [0.1, 0.15) is 5.76 Å². The van der Waals surface area contributed by atoms with Gasteiger partial charge in [-0.15, -0.1) is 23.7 Å². The number of aliphatic hydroxyl groups is 1. The standard InChI is InChI=1S/C17H19N3O2S.ClH/c21-14-10-19-8-11(14)7-18-9-12-5-6-15(22-12)17-20-13-3-1-2-4-16(13)23-17;/h1-6,11,14,18-19,21H,7-10H2;1H. The van der Waals surface area contributed by atoms with E-state index in [-0.39, 0.29) is 24.4 Å². The van der Waals surface area contributed by atoms with Crippen LogP contribution in [0, 0.1) is 5.92 Å². The Hall–Kier alpha value is -1.44. The lowest BCUT2D eigenvalue weighted by Crippen LogP contribution is -2.30. The molecule has 1 saturated heterocycles. The molecule has 2 unspecified atom stereocenters. The average Bonchev–Trinajstić information content (AvgIpc) is 3.27. The first-order valence-corrected chi connectivity index (χ1v) is 8.65. The largest absolute Gasteiger partial charge is 0.457 e. The predicted octanol–water partition coefficient (Wildman–Crippen LogP) is 2.65. The Labute approximate surface area is 150 Å². The van der Waals surface area contributed by atoms with Crippen molar-refractivity contribution < 1.29 is 9.52 Å². The van der Waals surface area contributed by atoms with Gasteiger partial charge in [-0.1, -0.05) is 12.1 Å². The van der Waals surface area contributed by atoms with Gasteiger partial charge in [0.15, 0.2) is 10.8 Å². The first-order chi connectivity index (χ1) is 11.3. The molecule has 0 spiro atoms. The Kier molecular flexibility index (Phi) is 5.53. The van der Waals surface area contributed by atoms with E-state index in [0.29, 0.717) is 13.1 Å². The first kappa shape index (κ1) is 17.4. The van der Waals surface area contributed by atoms with Crippen LogP contribution in [0.3, 0.4) is 0 Å². The normalized spacial score (nSPS) is 20.4. The zero-order valence-electron chi connectivity index (χ0n) is 13.1. The van der Waals surface area contributed by atoms with Gasteiger partial charge in [-0.25, -0.2) is 4.98 Å². The molecule has 0 amide bonds. The number of para-hydroxylation sites is 1. The number of nitrogens with one attached hydrogen (secondary N) is 2. The molecule has 3 N–H and O–H groups in total. The molecule has 3 aromatic rings. The molecule has 2 atom stereocenters. The molecule has 0 bridgehead atoms. The number of hydrogen-bond acceptors (Lipinski definition) is 6. The highest BCUT2D eigenvalue weighted by Crippen LogP contribution is 2.31. The van der Waals surface area contributed by atoms with Crippen LogP contribution in [0.2, 0.25) is 0 Å². The van der Waals surface area contributed by atoms with Gasteiger partial charge < -0.3 is 20.2 Å². The van der Waals surface area contributed by atoms with Crippen LogP contribution in [-0.4, -0.2) is 35.8 Å². The molecule has 0 aliphatic carbocycles. The molecule has 4 rings (SSSR count). The number of aliphatic hydroxyl groups excluding tert-OH is 1. The first-order valence-electron chi connectivity index (χ1n) is 7.84. The fourth-order valence-electron chi connectivity index (χ4n) is 2.87. The van der Waals surface area contributed by atoms with E-state index < -0.39 is 0 Å². The number of aromatic nitrogens is 1. The lowest BCUT2D eigenvalue weighted by Gasteiger charge is -2.13. The minimum absolute atomic E-state index is 0. The highest BCUT2D eigenvalue weighted by molar-refractivity contribution is 7.21. The van der Waals surface area contributed by atoms with Crippen LogP contribution in [0.5, 0.6) is 0 Å². The van der Waals surface area contributed by atoms with Crippen LogP contribution in [0.15, 0.2) is 40.8 Å². The highest BCUT2D eigenvalue weighted by atomic mass is 35.5. The molecule has 1 aliphatic heterocycles. The number of benzene rings is 1. The zero-order chi connectivity index (χ0) is 15.6. The van der Waals surface area contributed by atoms with Crippen molar-refractivity contribution in [2.45, 2.75) is 12.6 Å². The summed E-state index contributed by atoms with van der Waals surface area (Å²) < 4.78 is 7.07. The Morgan fingerprint density at radius 1 is 1.25 bits per heavy atom. The molecular formula is C17H20ClN3O2S. The van der Waals surface area contributed by atoms with Crippen molar-refractivity contribution >= 4 is 34.0 Å². The maximum absolute atomic E-state index is 9.78. The Bertz CT molecular complexity index is 771. The topological polar surface area (TPSA) is 70.3 Å². The van der Waals surface area contributed by atoms with Gasteiger partial charge in [0, 0.05) is 25.6 Å². The minimum atomic E-state index is -0.252. The molecule has 3 heterocycles. The van der Waals surface area contributed by atoms with Crippen molar-refractivity contribution in [2.75, 3.05) is 19.6 Å². The highest BCUT2D eigenvalue weighted by Gasteiger charge is 2.24. The van der Waals surface area contributed by atoms with Crippen LogP contribution < -0.4 is 10.6 Å². The number of nitrogens with zero attached hydrogens (tertiary/aromatic N) is 1. The molecule has 128 valence electrons.